The van der Waals surface area contributed by atoms with Crippen molar-refractivity contribution < 1.29 is 14.6 Å². The van der Waals surface area contributed by atoms with E-state index in [1.807, 2.05) is 0 Å². The van der Waals surface area contributed by atoms with Crippen LogP contribution in [0.3, 0.4) is 0 Å². The number of anilines is 1. The second-order valence-electron chi connectivity index (χ2n) is 4.66. The predicted molar refractivity (Wildman–Crippen MR) is 82.8 cm³/mol. The second-order valence-corrected chi connectivity index (χ2v) is 4.66. The molecule has 0 atom stereocenters. The quantitative estimate of drug-likeness (QED) is 0.546. The molecule has 0 radical (unpaired) electrons. The van der Waals surface area contributed by atoms with Crippen LogP contribution in [0, 0.1) is 0 Å². The summed E-state index contributed by atoms with van der Waals surface area (Å²) in [7, 11) is 1.27. The fourth-order valence-electron chi connectivity index (χ4n) is 2.00. The van der Waals surface area contributed by atoms with Crippen molar-refractivity contribution in [3.05, 3.63) is 46.4 Å². The first-order valence-corrected chi connectivity index (χ1v) is 6.73. The molecule has 4 N–H and O–H groups in total. The highest BCUT2D eigenvalue weighted by Gasteiger charge is 2.19. The number of hydrogen-bond donors (Lipinski definition) is 4. The number of amides is 1. The van der Waals surface area contributed by atoms with Crippen molar-refractivity contribution in [3.8, 4) is 23.1 Å². The minimum atomic E-state index is -0.809. The minimum absolute atomic E-state index is 0.189. The number of aromatic amines is 2. The van der Waals surface area contributed by atoms with E-state index in [1.165, 1.54) is 7.11 Å². The van der Waals surface area contributed by atoms with E-state index < -0.39 is 22.9 Å². The number of rotatable bonds is 4. The third kappa shape index (κ3) is 2.92. The van der Waals surface area contributed by atoms with Crippen LogP contribution in [0.15, 0.2) is 35.3 Å². The van der Waals surface area contributed by atoms with Crippen LogP contribution in [0.4, 0.5) is 5.69 Å². The number of methoxy groups -OCH3 is 1. The number of H-pyrrole nitrogens is 2. The summed E-state index contributed by atoms with van der Waals surface area (Å²) in [5.41, 5.74) is 0.573. The maximum absolute atomic E-state index is 12.2. The number of aromatic nitrogens is 5. The second kappa shape index (κ2) is 6.20. The molecule has 122 valence electrons. The van der Waals surface area contributed by atoms with Gasteiger partial charge in [0.05, 0.1) is 13.3 Å². The number of carbonyl (C=O) groups is 1. The Labute approximate surface area is 134 Å². The van der Waals surface area contributed by atoms with Crippen molar-refractivity contribution in [1.82, 2.24) is 25.4 Å². The Morgan fingerprint density at radius 1 is 1.29 bits per heavy atom. The van der Waals surface area contributed by atoms with Crippen molar-refractivity contribution in [2.45, 2.75) is 0 Å². The van der Waals surface area contributed by atoms with Crippen molar-refractivity contribution >= 4 is 11.6 Å². The van der Waals surface area contributed by atoms with Crippen LogP contribution < -0.4 is 15.6 Å². The average molecular weight is 328 g/mol. The van der Waals surface area contributed by atoms with E-state index in [0.717, 1.165) is 5.56 Å². The lowest BCUT2D eigenvalue weighted by Crippen LogP contribution is -2.24. The molecule has 1 amide bonds. The lowest BCUT2D eigenvalue weighted by atomic mass is 10.1. The van der Waals surface area contributed by atoms with Crippen LogP contribution >= 0.6 is 0 Å². The van der Waals surface area contributed by atoms with Gasteiger partial charge in [-0.15, -0.1) is 0 Å². The molecule has 3 rings (SSSR count). The van der Waals surface area contributed by atoms with E-state index in [9.17, 15) is 14.7 Å². The molecule has 1 aromatic carbocycles. The molecule has 0 saturated heterocycles. The van der Waals surface area contributed by atoms with Gasteiger partial charge in [0.1, 0.15) is 5.69 Å². The highest BCUT2D eigenvalue weighted by atomic mass is 16.5. The summed E-state index contributed by atoms with van der Waals surface area (Å²) in [5, 5.41) is 22.4. The third-order valence-corrected chi connectivity index (χ3v) is 3.15. The fourth-order valence-corrected chi connectivity index (χ4v) is 2.00. The number of ether oxygens (including phenoxy) is 1. The first-order valence-electron chi connectivity index (χ1n) is 6.73. The van der Waals surface area contributed by atoms with Gasteiger partial charge >= 0.3 is 0 Å². The Bertz CT molecular complexity index is 917. The molecule has 0 unspecified atom stereocenters. The van der Waals surface area contributed by atoms with E-state index in [1.54, 1.807) is 30.5 Å². The van der Waals surface area contributed by atoms with Gasteiger partial charge in [-0.05, 0) is 12.1 Å². The number of nitrogens with zero attached hydrogens (tertiary/aromatic N) is 3. The molecular weight excluding hydrogens is 316 g/mol. The van der Waals surface area contributed by atoms with Gasteiger partial charge in [-0.25, -0.2) is 0 Å². The van der Waals surface area contributed by atoms with E-state index in [-0.39, 0.29) is 6.01 Å². The first-order chi connectivity index (χ1) is 11.6. The Morgan fingerprint density at radius 3 is 2.62 bits per heavy atom. The Kier molecular flexibility index (Phi) is 3.93. The lowest BCUT2D eigenvalue weighted by Gasteiger charge is -2.07. The van der Waals surface area contributed by atoms with Crippen LogP contribution in [-0.4, -0.2) is 43.5 Å². The highest BCUT2D eigenvalue weighted by Crippen LogP contribution is 2.19. The standard InChI is InChI=1S/C14H12N6O4/c1-24-14-17-12(22)10(13(23)18-14)11(21)16-8-4-2-7(3-5-8)9-6-15-20-19-9/h2-6H,1H3,(H,16,21)(H,15,19,20)(H2,17,18,22,23). The van der Waals surface area contributed by atoms with Gasteiger partial charge in [0.2, 0.25) is 5.88 Å². The summed E-state index contributed by atoms with van der Waals surface area (Å²) in [5.74, 6) is -1.51. The molecule has 24 heavy (non-hydrogen) atoms. The van der Waals surface area contributed by atoms with E-state index in [0.29, 0.717) is 11.4 Å². The molecule has 0 saturated carbocycles. The van der Waals surface area contributed by atoms with E-state index in [4.69, 9.17) is 4.74 Å². The van der Waals surface area contributed by atoms with Crippen molar-refractivity contribution in [2.24, 2.45) is 0 Å². The first kappa shape index (κ1) is 15.2. The molecule has 3 aromatic rings. The highest BCUT2D eigenvalue weighted by molar-refractivity contribution is 6.05. The largest absolute Gasteiger partial charge is 0.492 e. The number of carbonyl (C=O) groups excluding carboxylic acids is 1. The molecule has 0 fully saturated rings. The minimum Gasteiger partial charge on any atom is -0.492 e. The molecule has 0 aliphatic heterocycles. The molecular formula is C14H12N6O4. The van der Waals surface area contributed by atoms with Crippen LogP contribution in [0.2, 0.25) is 0 Å². The lowest BCUT2D eigenvalue weighted by molar-refractivity contribution is 0.102. The summed E-state index contributed by atoms with van der Waals surface area (Å²) in [6.07, 6.45) is 1.56. The van der Waals surface area contributed by atoms with Gasteiger partial charge in [0.15, 0.2) is 5.56 Å². The maximum Gasteiger partial charge on any atom is 0.299 e. The Balaban J connectivity index is 1.81. The monoisotopic (exact) mass is 328 g/mol. The number of hydrogen-bond acceptors (Lipinski definition) is 7. The van der Waals surface area contributed by atoms with E-state index in [2.05, 4.69) is 30.7 Å². The zero-order valence-corrected chi connectivity index (χ0v) is 12.4. The van der Waals surface area contributed by atoms with Crippen LogP contribution in [-0.2, 0) is 0 Å². The van der Waals surface area contributed by atoms with Crippen LogP contribution in [0.5, 0.6) is 11.9 Å². The average Bonchev–Trinajstić information content (AvgIpc) is 3.09. The number of aromatic hydroxyl groups is 1. The Hall–Kier alpha value is -3.69. The Morgan fingerprint density at radius 2 is 2.04 bits per heavy atom. The molecule has 2 aromatic heterocycles. The summed E-state index contributed by atoms with van der Waals surface area (Å²) < 4.78 is 4.71. The molecule has 0 bridgehead atoms. The van der Waals surface area contributed by atoms with Gasteiger partial charge < -0.3 is 15.2 Å². The van der Waals surface area contributed by atoms with Crippen LogP contribution in [0.1, 0.15) is 10.4 Å². The van der Waals surface area contributed by atoms with E-state index >= 15 is 0 Å². The molecule has 0 aliphatic carbocycles. The predicted octanol–water partition coefficient (Wildman–Crippen LogP) is 0.521. The number of nitrogens with one attached hydrogen (secondary N) is 3. The zero-order chi connectivity index (χ0) is 17.1. The van der Waals surface area contributed by atoms with Crippen molar-refractivity contribution in [2.75, 3.05) is 12.4 Å². The van der Waals surface area contributed by atoms with Gasteiger partial charge in [-0.1, -0.05) is 12.1 Å². The van der Waals surface area contributed by atoms with Crippen molar-refractivity contribution in [1.29, 1.82) is 0 Å². The molecule has 0 spiro atoms. The summed E-state index contributed by atoms with van der Waals surface area (Å²) in [4.78, 5) is 29.8. The SMILES string of the molecule is COc1nc(O)c(C(=O)Nc2ccc(-c3cn[nH]n3)cc2)c(=O)[nH]1. The maximum atomic E-state index is 12.2. The van der Waals surface area contributed by atoms with Gasteiger partial charge in [0.25, 0.3) is 17.5 Å². The van der Waals surface area contributed by atoms with Gasteiger partial charge in [0, 0.05) is 11.3 Å². The molecule has 2 heterocycles. The fraction of sp³-hybridized carbons (Fsp3) is 0.0714. The third-order valence-electron chi connectivity index (χ3n) is 3.15. The molecule has 10 nitrogen and oxygen atoms in total. The summed E-state index contributed by atoms with van der Waals surface area (Å²) in [6.45, 7) is 0. The van der Waals surface area contributed by atoms with Crippen molar-refractivity contribution in [3.63, 3.8) is 0 Å². The zero-order valence-electron chi connectivity index (χ0n) is 12.4. The van der Waals surface area contributed by atoms with Crippen LogP contribution in [0.25, 0.3) is 11.3 Å². The molecule has 10 heteroatoms. The number of benzene rings is 1. The topological polar surface area (TPSA) is 146 Å². The van der Waals surface area contributed by atoms with Gasteiger partial charge in [-0.2, -0.15) is 20.4 Å². The normalized spacial score (nSPS) is 10.4. The smallest absolute Gasteiger partial charge is 0.299 e. The molecule has 0 aliphatic rings. The van der Waals surface area contributed by atoms with Gasteiger partial charge in [-0.3, -0.25) is 14.6 Å². The summed E-state index contributed by atoms with van der Waals surface area (Å²) in [6, 6.07) is 6.52. The summed E-state index contributed by atoms with van der Waals surface area (Å²) >= 11 is 0.